The van der Waals surface area contributed by atoms with Crippen LogP contribution in [0.5, 0.6) is 0 Å². The van der Waals surface area contributed by atoms with Gasteiger partial charge in [-0.3, -0.25) is 4.99 Å². The predicted molar refractivity (Wildman–Crippen MR) is 117 cm³/mol. The second-order valence-electron chi connectivity index (χ2n) is 5.71. The summed E-state index contributed by atoms with van der Waals surface area (Å²) in [7, 11) is 1.85. The van der Waals surface area contributed by atoms with E-state index in [0.29, 0.717) is 11.3 Å². The topological polar surface area (TPSA) is 36.4 Å². The molecule has 1 aromatic rings. The van der Waals surface area contributed by atoms with Gasteiger partial charge in [-0.25, -0.2) is 0 Å². The van der Waals surface area contributed by atoms with Crippen LogP contribution < -0.4 is 10.6 Å². The number of aliphatic imine (C=N–C) groups is 1. The quantitative estimate of drug-likeness (QED) is 0.285. The second-order valence-corrected chi connectivity index (χ2v) is 8.36. The Morgan fingerprint density at radius 1 is 1.30 bits per heavy atom. The van der Waals surface area contributed by atoms with Gasteiger partial charge >= 0.3 is 0 Å². The molecule has 2 rings (SSSR count). The molecule has 0 aliphatic heterocycles. The van der Waals surface area contributed by atoms with Crippen LogP contribution >= 0.6 is 47.5 Å². The zero-order valence-corrected chi connectivity index (χ0v) is 18.1. The standard InChI is InChI=1S/C17H27N3S2.HI/c1-13(22-15-7-5-4-6-8-15)12-19-17(18-2)20-14-9-10-16(11-14)21-3;/h4-8,13-14,16H,9-12H2,1-3H3,(H2,18,19,20);1H. The van der Waals surface area contributed by atoms with Gasteiger partial charge in [0, 0.05) is 35.0 Å². The Balaban J connectivity index is 0.00000264. The fraction of sp³-hybridized carbons (Fsp3) is 0.588. The number of nitrogens with one attached hydrogen (secondary N) is 2. The minimum atomic E-state index is 0. The van der Waals surface area contributed by atoms with Crippen LogP contribution in [0.25, 0.3) is 0 Å². The lowest BCUT2D eigenvalue weighted by molar-refractivity contribution is 0.614. The molecule has 23 heavy (non-hydrogen) atoms. The summed E-state index contributed by atoms with van der Waals surface area (Å²) in [6, 6.07) is 11.1. The second kappa shape index (κ2) is 11.5. The average Bonchev–Trinajstić information content (AvgIpc) is 3.00. The number of hydrogen-bond donors (Lipinski definition) is 2. The Morgan fingerprint density at radius 2 is 2.04 bits per heavy atom. The highest BCUT2D eigenvalue weighted by Gasteiger charge is 2.24. The van der Waals surface area contributed by atoms with Crippen molar-refractivity contribution >= 4 is 53.5 Å². The lowest BCUT2D eigenvalue weighted by Crippen LogP contribution is -2.44. The monoisotopic (exact) mass is 465 g/mol. The summed E-state index contributed by atoms with van der Waals surface area (Å²) in [5.74, 6) is 0.937. The van der Waals surface area contributed by atoms with Gasteiger partial charge in [0.15, 0.2) is 5.96 Å². The van der Waals surface area contributed by atoms with E-state index < -0.39 is 0 Å². The molecule has 0 amide bonds. The van der Waals surface area contributed by atoms with Crippen molar-refractivity contribution in [3.63, 3.8) is 0 Å². The first-order chi connectivity index (χ1) is 10.7. The van der Waals surface area contributed by atoms with Crippen LogP contribution in [0.1, 0.15) is 26.2 Å². The molecule has 0 saturated heterocycles. The zero-order chi connectivity index (χ0) is 15.8. The van der Waals surface area contributed by atoms with Gasteiger partial charge < -0.3 is 10.6 Å². The number of rotatable bonds is 6. The molecule has 0 spiro atoms. The number of thioether (sulfide) groups is 2. The summed E-state index contributed by atoms with van der Waals surface area (Å²) in [4.78, 5) is 5.68. The number of hydrogen-bond acceptors (Lipinski definition) is 3. The van der Waals surface area contributed by atoms with Gasteiger partial charge in [0.25, 0.3) is 0 Å². The van der Waals surface area contributed by atoms with Gasteiger partial charge in [0.05, 0.1) is 0 Å². The molecule has 1 aliphatic rings. The molecular weight excluding hydrogens is 437 g/mol. The summed E-state index contributed by atoms with van der Waals surface area (Å²) in [5, 5.41) is 8.34. The highest BCUT2D eigenvalue weighted by molar-refractivity contribution is 14.0. The lowest BCUT2D eigenvalue weighted by atomic mass is 10.2. The number of guanidine groups is 1. The van der Waals surface area contributed by atoms with Crippen molar-refractivity contribution in [3.05, 3.63) is 30.3 Å². The first kappa shape index (κ1) is 21.0. The van der Waals surface area contributed by atoms with Crippen LogP contribution in [0.15, 0.2) is 40.2 Å². The smallest absolute Gasteiger partial charge is 0.191 e. The van der Waals surface area contributed by atoms with E-state index >= 15 is 0 Å². The molecule has 0 heterocycles. The van der Waals surface area contributed by atoms with E-state index in [9.17, 15) is 0 Å². The van der Waals surface area contributed by atoms with Crippen molar-refractivity contribution in [3.8, 4) is 0 Å². The molecule has 1 saturated carbocycles. The van der Waals surface area contributed by atoms with Crippen LogP contribution in [-0.2, 0) is 0 Å². The fourth-order valence-electron chi connectivity index (χ4n) is 2.69. The van der Waals surface area contributed by atoms with E-state index in [4.69, 9.17) is 0 Å². The van der Waals surface area contributed by atoms with E-state index in [0.717, 1.165) is 17.8 Å². The number of benzene rings is 1. The highest BCUT2D eigenvalue weighted by Crippen LogP contribution is 2.28. The molecule has 1 fully saturated rings. The third kappa shape index (κ3) is 7.56. The van der Waals surface area contributed by atoms with E-state index in [-0.39, 0.29) is 24.0 Å². The molecule has 1 aliphatic carbocycles. The Labute approximate surface area is 166 Å². The normalized spacial score (nSPS) is 22.3. The van der Waals surface area contributed by atoms with E-state index in [1.807, 2.05) is 30.6 Å². The Hall–Kier alpha value is -0.0800. The highest BCUT2D eigenvalue weighted by atomic mass is 127. The molecule has 1 aromatic carbocycles. The number of nitrogens with zero attached hydrogens (tertiary/aromatic N) is 1. The summed E-state index contributed by atoms with van der Waals surface area (Å²) in [6.45, 7) is 3.16. The van der Waals surface area contributed by atoms with E-state index in [2.05, 4.69) is 59.1 Å². The minimum Gasteiger partial charge on any atom is -0.355 e. The molecule has 130 valence electrons. The predicted octanol–water partition coefficient (Wildman–Crippen LogP) is 4.23. The maximum absolute atomic E-state index is 4.36. The molecule has 3 nitrogen and oxygen atoms in total. The molecule has 3 atom stereocenters. The van der Waals surface area contributed by atoms with Gasteiger partial charge in [-0.2, -0.15) is 11.8 Å². The van der Waals surface area contributed by atoms with Crippen molar-refractivity contribution in [2.75, 3.05) is 19.8 Å². The first-order valence-corrected chi connectivity index (χ1v) is 10.1. The van der Waals surface area contributed by atoms with Crippen molar-refractivity contribution in [2.45, 2.75) is 47.6 Å². The fourth-order valence-corrected chi connectivity index (χ4v) is 4.43. The van der Waals surface area contributed by atoms with Gasteiger partial charge in [-0.15, -0.1) is 35.7 Å². The molecule has 2 N–H and O–H groups in total. The van der Waals surface area contributed by atoms with Crippen LogP contribution in [0.4, 0.5) is 0 Å². The molecule has 0 aromatic heterocycles. The van der Waals surface area contributed by atoms with Crippen LogP contribution in [0.2, 0.25) is 0 Å². The van der Waals surface area contributed by atoms with Gasteiger partial charge in [0.2, 0.25) is 0 Å². The number of halogens is 1. The molecule has 3 unspecified atom stereocenters. The Morgan fingerprint density at radius 3 is 2.65 bits per heavy atom. The Kier molecular flexibility index (Phi) is 10.5. The van der Waals surface area contributed by atoms with Crippen molar-refractivity contribution in [2.24, 2.45) is 4.99 Å². The molecule has 6 heteroatoms. The average molecular weight is 465 g/mol. The summed E-state index contributed by atoms with van der Waals surface area (Å²) in [6.07, 6.45) is 6.02. The molecule has 0 radical (unpaired) electrons. The molecular formula is C17H28IN3S2. The lowest BCUT2D eigenvalue weighted by Gasteiger charge is -2.19. The maximum atomic E-state index is 4.36. The van der Waals surface area contributed by atoms with Crippen molar-refractivity contribution in [1.82, 2.24) is 10.6 Å². The summed E-state index contributed by atoms with van der Waals surface area (Å²) < 4.78 is 0. The third-order valence-electron chi connectivity index (χ3n) is 3.92. The van der Waals surface area contributed by atoms with Gasteiger partial charge in [0.1, 0.15) is 0 Å². The largest absolute Gasteiger partial charge is 0.355 e. The van der Waals surface area contributed by atoms with Crippen LogP contribution in [0.3, 0.4) is 0 Å². The SMILES string of the molecule is CN=C(NCC(C)Sc1ccccc1)NC1CCC(SC)C1.I. The Bertz CT molecular complexity index is 470. The third-order valence-corrected chi connectivity index (χ3v) is 6.13. The van der Waals surface area contributed by atoms with E-state index in [1.165, 1.54) is 24.2 Å². The van der Waals surface area contributed by atoms with Gasteiger partial charge in [-0.1, -0.05) is 25.1 Å². The zero-order valence-electron chi connectivity index (χ0n) is 14.1. The van der Waals surface area contributed by atoms with Crippen LogP contribution in [-0.4, -0.2) is 42.3 Å². The van der Waals surface area contributed by atoms with Crippen molar-refractivity contribution in [1.29, 1.82) is 0 Å². The summed E-state index contributed by atoms with van der Waals surface area (Å²) >= 11 is 3.88. The maximum Gasteiger partial charge on any atom is 0.191 e. The van der Waals surface area contributed by atoms with Crippen molar-refractivity contribution < 1.29 is 0 Å². The first-order valence-electron chi connectivity index (χ1n) is 7.93. The summed E-state index contributed by atoms with van der Waals surface area (Å²) in [5.41, 5.74) is 0. The van der Waals surface area contributed by atoms with Crippen LogP contribution in [0, 0.1) is 0 Å². The minimum absolute atomic E-state index is 0. The van der Waals surface area contributed by atoms with E-state index in [1.54, 1.807) is 0 Å². The van der Waals surface area contributed by atoms with Gasteiger partial charge in [-0.05, 0) is 37.7 Å². The molecule has 0 bridgehead atoms.